The molecule has 0 radical (unpaired) electrons. The summed E-state index contributed by atoms with van der Waals surface area (Å²) in [5.41, 5.74) is 9.88. The molecule has 150 valence electrons. The Labute approximate surface area is 171 Å². The summed E-state index contributed by atoms with van der Waals surface area (Å²) >= 11 is 0. The number of hydrogen-bond donors (Lipinski definition) is 1. The molecule has 0 spiro atoms. The molecule has 0 aliphatic carbocycles. The highest BCUT2D eigenvalue weighted by atomic mass is 16.4. The number of aromatic nitrogens is 2. The first-order valence-corrected chi connectivity index (χ1v) is 10.1. The van der Waals surface area contributed by atoms with E-state index in [2.05, 4.69) is 80.4 Å². The molecule has 4 aromatic rings. The number of para-hydroxylation sites is 1. The van der Waals surface area contributed by atoms with E-state index in [1.54, 1.807) is 0 Å². The van der Waals surface area contributed by atoms with Crippen molar-refractivity contribution < 1.29 is 9.90 Å². The van der Waals surface area contributed by atoms with Crippen molar-refractivity contribution in [1.29, 1.82) is 0 Å². The topological polar surface area (TPSA) is 47.2 Å². The van der Waals surface area contributed by atoms with Crippen molar-refractivity contribution in [3.8, 4) is 0 Å². The van der Waals surface area contributed by atoms with E-state index >= 15 is 0 Å². The maximum Gasteiger partial charge on any atom is 0.303 e. The predicted octanol–water partition coefficient (Wildman–Crippen LogP) is 5.20. The van der Waals surface area contributed by atoms with E-state index in [1.165, 1.54) is 44.2 Å². The number of carbonyl (C=O) groups is 1. The van der Waals surface area contributed by atoms with Gasteiger partial charge in [-0.15, -0.1) is 0 Å². The molecule has 0 atom stereocenters. The molecule has 4 heteroatoms. The number of benzene rings is 2. The second kappa shape index (κ2) is 7.11. The SMILES string of the molecule is Cc1cccc2cc(Cc3cc(C)c4c(c3)c(CCC(=O)O)c(C)n4C)n(C)c12. The molecule has 4 nitrogen and oxygen atoms in total. The molecule has 0 saturated carbocycles. The fraction of sp³-hybridized carbons (Fsp3) is 0.320. The first kappa shape index (κ1) is 19.3. The molecule has 2 aromatic carbocycles. The number of carboxylic acids is 1. The zero-order valence-corrected chi connectivity index (χ0v) is 17.8. The maximum absolute atomic E-state index is 11.1. The highest BCUT2D eigenvalue weighted by molar-refractivity contribution is 5.89. The zero-order valence-electron chi connectivity index (χ0n) is 17.8. The fourth-order valence-corrected chi connectivity index (χ4v) is 4.80. The number of aliphatic carboxylic acids is 1. The average molecular weight is 389 g/mol. The first-order valence-electron chi connectivity index (χ1n) is 10.1. The summed E-state index contributed by atoms with van der Waals surface area (Å²) in [6.45, 7) is 6.39. The van der Waals surface area contributed by atoms with Gasteiger partial charge < -0.3 is 14.2 Å². The average Bonchev–Trinajstić information content (AvgIpc) is 3.09. The number of rotatable bonds is 5. The molecule has 0 amide bonds. The van der Waals surface area contributed by atoms with E-state index in [0.29, 0.717) is 6.42 Å². The van der Waals surface area contributed by atoms with E-state index in [0.717, 1.165) is 17.7 Å². The summed E-state index contributed by atoms with van der Waals surface area (Å²) in [6.07, 6.45) is 1.58. The van der Waals surface area contributed by atoms with Crippen LogP contribution in [-0.2, 0) is 31.7 Å². The Morgan fingerprint density at radius 1 is 0.966 bits per heavy atom. The van der Waals surface area contributed by atoms with Gasteiger partial charge in [0.2, 0.25) is 0 Å². The second-order valence-corrected chi connectivity index (χ2v) is 8.21. The van der Waals surface area contributed by atoms with E-state index in [1.807, 2.05) is 0 Å². The van der Waals surface area contributed by atoms with Crippen molar-refractivity contribution >= 4 is 27.8 Å². The van der Waals surface area contributed by atoms with Gasteiger partial charge in [-0.1, -0.05) is 24.3 Å². The van der Waals surface area contributed by atoms with E-state index in [9.17, 15) is 4.79 Å². The molecule has 1 N–H and O–H groups in total. The van der Waals surface area contributed by atoms with Crippen LogP contribution >= 0.6 is 0 Å². The van der Waals surface area contributed by atoms with Crippen LogP contribution in [-0.4, -0.2) is 20.2 Å². The van der Waals surface area contributed by atoms with Crippen molar-refractivity contribution in [1.82, 2.24) is 9.13 Å². The van der Waals surface area contributed by atoms with Gasteiger partial charge >= 0.3 is 5.97 Å². The van der Waals surface area contributed by atoms with Gasteiger partial charge in [0.25, 0.3) is 0 Å². The quantitative estimate of drug-likeness (QED) is 0.511. The van der Waals surface area contributed by atoms with Crippen LogP contribution in [0.2, 0.25) is 0 Å². The normalized spacial score (nSPS) is 11.6. The third kappa shape index (κ3) is 3.23. The number of hydrogen-bond acceptors (Lipinski definition) is 1. The van der Waals surface area contributed by atoms with Gasteiger partial charge in [0.05, 0.1) is 11.0 Å². The summed E-state index contributed by atoms with van der Waals surface area (Å²) in [4.78, 5) is 11.1. The Morgan fingerprint density at radius 2 is 1.72 bits per heavy atom. The highest BCUT2D eigenvalue weighted by Crippen LogP contribution is 2.31. The lowest BCUT2D eigenvalue weighted by molar-refractivity contribution is -0.136. The van der Waals surface area contributed by atoms with Crippen molar-refractivity contribution in [2.45, 2.75) is 40.0 Å². The summed E-state index contributed by atoms with van der Waals surface area (Å²) in [5.74, 6) is -0.750. The Hall–Kier alpha value is -3.01. The second-order valence-electron chi connectivity index (χ2n) is 8.21. The highest BCUT2D eigenvalue weighted by Gasteiger charge is 2.16. The third-order valence-corrected chi connectivity index (χ3v) is 6.29. The van der Waals surface area contributed by atoms with Gasteiger partial charge in [0, 0.05) is 49.1 Å². The Morgan fingerprint density at radius 3 is 2.41 bits per heavy atom. The summed E-state index contributed by atoms with van der Waals surface area (Å²) in [5, 5.41) is 11.6. The van der Waals surface area contributed by atoms with Crippen molar-refractivity contribution in [2.24, 2.45) is 14.1 Å². The van der Waals surface area contributed by atoms with Crippen LogP contribution in [0.5, 0.6) is 0 Å². The van der Waals surface area contributed by atoms with E-state index < -0.39 is 5.97 Å². The number of aryl methyl sites for hydroxylation is 5. The van der Waals surface area contributed by atoms with Crippen LogP contribution < -0.4 is 0 Å². The third-order valence-electron chi connectivity index (χ3n) is 6.29. The van der Waals surface area contributed by atoms with Crippen LogP contribution in [0.15, 0.2) is 36.4 Å². The van der Waals surface area contributed by atoms with Crippen LogP contribution in [0.1, 0.15) is 40.1 Å². The van der Waals surface area contributed by atoms with Gasteiger partial charge in [-0.2, -0.15) is 0 Å². The van der Waals surface area contributed by atoms with Crippen LogP contribution in [0.3, 0.4) is 0 Å². The summed E-state index contributed by atoms with van der Waals surface area (Å²) in [6, 6.07) is 13.3. The largest absolute Gasteiger partial charge is 0.481 e. The molecule has 2 aromatic heterocycles. The first-order chi connectivity index (χ1) is 13.8. The van der Waals surface area contributed by atoms with Gasteiger partial charge in [-0.05, 0) is 61.6 Å². The molecular weight excluding hydrogens is 360 g/mol. The lowest BCUT2D eigenvalue weighted by atomic mass is 9.99. The van der Waals surface area contributed by atoms with Gasteiger partial charge in [0.1, 0.15) is 0 Å². The molecule has 2 heterocycles. The Bertz CT molecular complexity index is 1260. The lowest BCUT2D eigenvalue weighted by Crippen LogP contribution is -2.00. The summed E-state index contributed by atoms with van der Waals surface area (Å²) < 4.78 is 4.50. The fourth-order valence-electron chi connectivity index (χ4n) is 4.80. The Kier molecular flexibility index (Phi) is 4.73. The summed E-state index contributed by atoms with van der Waals surface area (Å²) in [7, 11) is 4.21. The van der Waals surface area contributed by atoms with Crippen LogP contribution in [0.4, 0.5) is 0 Å². The molecule has 29 heavy (non-hydrogen) atoms. The molecular formula is C25H28N2O2. The van der Waals surface area contributed by atoms with E-state index in [4.69, 9.17) is 5.11 Å². The monoisotopic (exact) mass is 388 g/mol. The number of carboxylic acid groups (broad SMARTS) is 1. The molecule has 0 unspecified atom stereocenters. The minimum absolute atomic E-state index is 0.158. The van der Waals surface area contributed by atoms with Crippen molar-refractivity contribution in [2.75, 3.05) is 0 Å². The van der Waals surface area contributed by atoms with Gasteiger partial charge in [0.15, 0.2) is 0 Å². The molecule has 0 aliphatic rings. The molecule has 0 saturated heterocycles. The molecule has 0 fully saturated rings. The van der Waals surface area contributed by atoms with Crippen molar-refractivity contribution in [3.05, 3.63) is 70.0 Å². The Balaban J connectivity index is 1.81. The van der Waals surface area contributed by atoms with Crippen LogP contribution in [0, 0.1) is 20.8 Å². The molecule has 0 bridgehead atoms. The lowest BCUT2D eigenvalue weighted by Gasteiger charge is -2.09. The van der Waals surface area contributed by atoms with Gasteiger partial charge in [-0.3, -0.25) is 4.79 Å². The van der Waals surface area contributed by atoms with Crippen molar-refractivity contribution in [3.63, 3.8) is 0 Å². The minimum atomic E-state index is -0.750. The maximum atomic E-state index is 11.1. The smallest absolute Gasteiger partial charge is 0.303 e. The molecule has 0 aliphatic heterocycles. The van der Waals surface area contributed by atoms with Crippen LogP contribution in [0.25, 0.3) is 21.8 Å². The van der Waals surface area contributed by atoms with E-state index in [-0.39, 0.29) is 6.42 Å². The van der Waals surface area contributed by atoms with Gasteiger partial charge in [-0.25, -0.2) is 0 Å². The zero-order chi connectivity index (χ0) is 20.9. The number of fused-ring (bicyclic) bond motifs is 2. The molecule has 4 rings (SSSR count). The predicted molar refractivity (Wildman–Crippen MR) is 119 cm³/mol. The minimum Gasteiger partial charge on any atom is -0.481 e. The number of nitrogens with zero attached hydrogens (tertiary/aromatic N) is 2. The standard InChI is InChI=1S/C25H28N2O2/c1-15-7-6-8-19-14-20(27(5)24(15)19)12-18-11-16(2)25-22(13-18)21(9-10-23(28)29)17(3)26(25)4/h6-8,11,13-14H,9-10,12H2,1-5H3,(H,28,29).